The number of hydrogen-bond donors (Lipinski definition) is 3. The van der Waals surface area contributed by atoms with Gasteiger partial charge in [0.25, 0.3) is 5.91 Å². The van der Waals surface area contributed by atoms with Crippen LogP contribution in [0.2, 0.25) is 0 Å². The van der Waals surface area contributed by atoms with E-state index < -0.39 is 0 Å². The van der Waals surface area contributed by atoms with E-state index in [1.165, 1.54) is 0 Å². The van der Waals surface area contributed by atoms with Crippen LogP contribution in [0.4, 0.5) is 23.1 Å². The molecule has 3 rings (SSSR count). The highest BCUT2D eigenvalue weighted by Gasteiger charge is 2.09. The van der Waals surface area contributed by atoms with Gasteiger partial charge < -0.3 is 16.0 Å². The van der Waals surface area contributed by atoms with Crippen LogP contribution >= 0.6 is 22.6 Å². The van der Waals surface area contributed by atoms with Crippen LogP contribution < -0.4 is 16.0 Å². The predicted octanol–water partition coefficient (Wildman–Crippen LogP) is 4.82. The maximum atomic E-state index is 12.4. The number of carbonyl (C=O) groups is 1. The molecule has 0 unspecified atom stereocenters. The summed E-state index contributed by atoms with van der Waals surface area (Å²) >= 11 is 2.16. The minimum atomic E-state index is -0.123. The van der Waals surface area contributed by atoms with E-state index in [-0.39, 0.29) is 5.91 Å². The van der Waals surface area contributed by atoms with E-state index in [1.54, 1.807) is 0 Å². The largest absolute Gasteiger partial charge is 0.354 e. The van der Waals surface area contributed by atoms with Gasteiger partial charge >= 0.3 is 0 Å². The number of hydrogen-bond acceptors (Lipinski definition) is 5. The monoisotopic (exact) mass is 473 g/mol. The lowest BCUT2D eigenvalue weighted by Gasteiger charge is -2.10. The summed E-state index contributed by atoms with van der Waals surface area (Å²) in [6.45, 7) is 4.69. The van der Waals surface area contributed by atoms with Crippen molar-refractivity contribution in [2.75, 3.05) is 22.5 Å². The number of aromatic nitrogens is 2. The highest BCUT2D eigenvalue weighted by Crippen LogP contribution is 2.20. The van der Waals surface area contributed by atoms with Crippen molar-refractivity contribution in [1.29, 1.82) is 0 Å². The molecular formula is C20H20IN5O. The first-order chi connectivity index (χ1) is 13.0. The standard InChI is InChI=1S/C20H20IN5O/c1-3-22-20-23-13(2)12-18(26-20)24-14-8-10-15(11-9-14)25-19(27)16-6-4-5-7-17(16)21/h4-12H,3H2,1-2H3,(H,25,27)(H2,22,23,24,26). The average Bonchev–Trinajstić information content (AvgIpc) is 2.63. The Kier molecular flexibility index (Phi) is 6.23. The van der Waals surface area contributed by atoms with Crippen LogP contribution in [-0.2, 0) is 0 Å². The zero-order chi connectivity index (χ0) is 19.2. The van der Waals surface area contributed by atoms with Crippen molar-refractivity contribution in [3.05, 3.63) is 69.4 Å². The van der Waals surface area contributed by atoms with Gasteiger partial charge in [-0.2, -0.15) is 4.98 Å². The van der Waals surface area contributed by atoms with Gasteiger partial charge in [-0.15, -0.1) is 0 Å². The predicted molar refractivity (Wildman–Crippen MR) is 118 cm³/mol. The normalized spacial score (nSPS) is 10.3. The number of nitrogens with one attached hydrogen (secondary N) is 3. The van der Waals surface area contributed by atoms with Crippen molar-refractivity contribution in [2.24, 2.45) is 0 Å². The molecule has 1 amide bonds. The third-order valence-electron chi connectivity index (χ3n) is 3.72. The van der Waals surface area contributed by atoms with Crippen LogP contribution in [0.15, 0.2) is 54.6 Å². The van der Waals surface area contributed by atoms with E-state index in [4.69, 9.17) is 0 Å². The first-order valence-corrected chi connectivity index (χ1v) is 9.65. The highest BCUT2D eigenvalue weighted by molar-refractivity contribution is 14.1. The molecule has 0 fully saturated rings. The van der Waals surface area contributed by atoms with Crippen LogP contribution in [0.25, 0.3) is 0 Å². The van der Waals surface area contributed by atoms with Crippen molar-refractivity contribution >= 4 is 51.6 Å². The summed E-state index contributed by atoms with van der Waals surface area (Å²) in [4.78, 5) is 21.2. The molecule has 7 heteroatoms. The second-order valence-corrected chi connectivity index (χ2v) is 7.05. The number of aryl methyl sites for hydroxylation is 1. The number of benzene rings is 2. The van der Waals surface area contributed by atoms with Crippen LogP contribution in [0.1, 0.15) is 23.0 Å². The number of amides is 1. The Labute approximate surface area is 172 Å². The first kappa shape index (κ1) is 19.1. The zero-order valence-corrected chi connectivity index (χ0v) is 17.2. The van der Waals surface area contributed by atoms with Crippen LogP contribution in [0, 0.1) is 10.5 Å². The maximum Gasteiger partial charge on any atom is 0.256 e. The Morgan fingerprint density at radius 2 is 1.74 bits per heavy atom. The van der Waals surface area contributed by atoms with Crippen molar-refractivity contribution in [1.82, 2.24) is 9.97 Å². The second kappa shape index (κ2) is 8.81. The molecule has 0 bridgehead atoms. The van der Waals surface area contributed by atoms with E-state index >= 15 is 0 Å². The van der Waals surface area contributed by atoms with Crippen molar-refractivity contribution in [3.63, 3.8) is 0 Å². The summed E-state index contributed by atoms with van der Waals surface area (Å²) in [6.07, 6.45) is 0. The molecule has 27 heavy (non-hydrogen) atoms. The Morgan fingerprint density at radius 1 is 1.04 bits per heavy atom. The third-order valence-corrected chi connectivity index (χ3v) is 4.66. The van der Waals surface area contributed by atoms with Gasteiger partial charge in [-0.25, -0.2) is 4.98 Å². The molecule has 0 saturated carbocycles. The highest BCUT2D eigenvalue weighted by atomic mass is 127. The van der Waals surface area contributed by atoms with E-state index in [9.17, 15) is 4.79 Å². The van der Waals surface area contributed by atoms with Gasteiger partial charge in [0.05, 0.1) is 5.56 Å². The molecule has 1 aromatic heterocycles. The number of nitrogens with zero attached hydrogens (tertiary/aromatic N) is 2. The van der Waals surface area contributed by atoms with Crippen LogP contribution in [-0.4, -0.2) is 22.4 Å². The van der Waals surface area contributed by atoms with Gasteiger partial charge in [-0.05, 0) is 72.8 Å². The lowest BCUT2D eigenvalue weighted by molar-refractivity contribution is 0.102. The molecule has 0 atom stereocenters. The fraction of sp³-hybridized carbons (Fsp3) is 0.150. The first-order valence-electron chi connectivity index (χ1n) is 8.57. The van der Waals surface area contributed by atoms with Crippen molar-refractivity contribution in [2.45, 2.75) is 13.8 Å². The molecule has 3 aromatic rings. The Morgan fingerprint density at radius 3 is 2.44 bits per heavy atom. The topological polar surface area (TPSA) is 78.9 Å². The maximum absolute atomic E-state index is 12.4. The van der Waals surface area contributed by atoms with E-state index in [1.807, 2.05) is 68.4 Å². The van der Waals surface area contributed by atoms with Crippen LogP contribution in [0.5, 0.6) is 0 Å². The Hall–Kier alpha value is -2.68. The average molecular weight is 473 g/mol. The van der Waals surface area contributed by atoms with Gasteiger partial charge in [-0.3, -0.25) is 4.79 Å². The molecule has 0 aliphatic rings. The van der Waals surface area contributed by atoms with E-state index in [0.717, 1.165) is 27.2 Å². The van der Waals surface area contributed by atoms with E-state index in [2.05, 4.69) is 48.5 Å². The molecule has 0 spiro atoms. The van der Waals surface area contributed by atoms with Gasteiger partial charge in [0, 0.05) is 33.3 Å². The fourth-order valence-corrected chi connectivity index (χ4v) is 3.13. The summed E-state index contributed by atoms with van der Waals surface area (Å²) in [5.41, 5.74) is 3.15. The molecule has 2 aromatic carbocycles. The number of rotatable bonds is 6. The molecular weight excluding hydrogens is 453 g/mol. The minimum Gasteiger partial charge on any atom is -0.354 e. The Bertz CT molecular complexity index is 943. The van der Waals surface area contributed by atoms with Gasteiger partial charge in [0.2, 0.25) is 5.95 Å². The summed E-state index contributed by atoms with van der Waals surface area (Å²) in [7, 11) is 0. The molecule has 1 heterocycles. The van der Waals surface area contributed by atoms with Gasteiger partial charge in [0.1, 0.15) is 5.82 Å². The number of anilines is 4. The summed E-state index contributed by atoms with van der Waals surface area (Å²) < 4.78 is 0.918. The fourth-order valence-electron chi connectivity index (χ4n) is 2.50. The molecule has 0 aliphatic carbocycles. The van der Waals surface area contributed by atoms with Gasteiger partial charge in [-0.1, -0.05) is 12.1 Å². The van der Waals surface area contributed by atoms with Crippen molar-refractivity contribution < 1.29 is 4.79 Å². The second-order valence-electron chi connectivity index (χ2n) is 5.88. The molecule has 3 N–H and O–H groups in total. The zero-order valence-electron chi connectivity index (χ0n) is 15.1. The smallest absolute Gasteiger partial charge is 0.256 e. The number of carbonyl (C=O) groups excluding carboxylic acids is 1. The molecule has 0 aliphatic heterocycles. The molecule has 0 saturated heterocycles. The molecule has 138 valence electrons. The van der Waals surface area contributed by atoms with Crippen molar-refractivity contribution in [3.8, 4) is 0 Å². The summed E-state index contributed by atoms with van der Waals surface area (Å²) in [6, 6.07) is 16.9. The molecule has 6 nitrogen and oxygen atoms in total. The van der Waals surface area contributed by atoms with Crippen LogP contribution in [0.3, 0.4) is 0 Å². The lowest BCUT2D eigenvalue weighted by atomic mass is 10.2. The quantitative estimate of drug-likeness (QED) is 0.448. The van der Waals surface area contributed by atoms with E-state index in [0.29, 0.717) is 17.3 Å². The third kappa shape index (κ3) is 5.16. The summed E-state index contributed by atoms with van der Waals surface area (Å²) in [5, 5.41) is 9.29. The SMILES string of the molecule is CCNc1nc(C)cc(Nc2ccc(NC(=O)c3ccccc3I)cc2)n1. The Balaban J connectivity index is 1.69. The summed E-state index contributed by atoms with van der Waals surface area (Å²) in [5.74, 6) is 1.19. The number of halogens is 1. The van der Waals surface area contributed by atoms with Gasteiger partial charge in [0.15, 0.2) is 0 Å². The lowest BCUT2D eigenvalue weighted by Crippen LogP contribution is -2.13. The molecule has 0 radical (unpaired) electrons. The minimum absolute atomic E-state index is 0.123.